The molecule has 0 bridgehead atoms. The zero-order valence-electron chi connectivity index (χ0n) is 16.0. The van der Waals surface area contributed by atoms with E-state index in [1.54, 1.807) is 37.3 Å². The maximum Gasteiger partial charge on any atom is 0.227 e. The first kappa shape index (κ1) is 21.8. The van der Waals surface area contributed by atoms with Crippen LogP contribution in [0.2, 0.25) is 0 Å². The van der Waals surface area contributed by atoms with E-state index in [4.69, 9.17) is 0 Å². The molecule has 2 atom stereocenters. The number of carbonyl (C=O) groups is 3. The van der Waals surface area contributed by atoms with Crippen LogP contribution in [0.5, 0.6) is 0 Å². The van der Waals surface area contributed by atoms with Crippen LogP contribution in [-0.4, -0.2) is 30.2 Å². The number of thiophene rings is 1. The molecule has 2 aromatic rings. The summed E-state index contributed by atoms with van der Waals surface area (Å²) in [5.41, 5.74) is 0.357. The van der Waals surface area contributed by atoms with Crippen molar-refractivity contribution >= 4 is 28.9 Å². The topological polar surface area (TPSA) is 75.3 Å². The lowest BCUT2D eigenvalue weighted by atomic mass is 9.99. The van der Waals surface area contributed by atoms with Gasteiger partial charge in [-0.1, -0.05) is 24.3 Å². The molecule has 1 aromatic carbocycles. The fourth-order valence-electron chi connectivity index (χ4n) is 2.71. The van der Waals surface area contributed by atoms with Crippen molar-refractivity contribution in [2.24, 2.45) is 0 Å². The van der Waals surface area contributed by atoms with Gasteiger partial charge < -0.3 is 10.6 Å². The van der Waals surface area contributed by atoms with Crippen LogP contribution in [0.25, 0.3) is 0 Å². The standard InChI is InChI=1S/C21H25FN2O3S/c1-14(24-21(27)15(2)16-6-3-4-7-17(16)22)11-12-23-20(26)10-9-18(25)19-8-5-13-28-19/h3-8,13-15H,9-12H2,1-2H3,(H,23,26)(H,24,27). The maximum absolute atomic E-state index is 13.8. The number of halogens is 1. The molecule has 5 nitrogen and oxygen atoms in total. The Bertz CT molecular complexity index is 808. The summed E-state index contributed by atoms with van der Waals surface area (Å²) in [4.78, 5) is 36.7. The van der Waals surface area contributed by atoms with E-state index in [1.165, 1.54) is 17.4 Å². The molecule has 1 aromatic heterocycles. The van der Waals surface area contributed by atoms with Crippen molar-refractivity contribution in [3.63, 3.8) is 0 Å². The normalized spacial score (nSPS) is 12.8. The molecular formula is C21H25FN2O3S. The summed E-state index contributed by atoms with van der Waals surface area (Å²) < 4.78 is 13.8. The van der Waals surface area contributed by atoms with Crippen LogP contribution in [0.4, 0.5) is 4.39 Å². The molecule has 150 valence electrons. The van der Waals surface area contributed by atoms with Crippen molar-refractivity contribution in [1.82, 2.24) is 10.6 Å². The van der Waals surface area contributed by atoms with Crippen molar-refractivity contribution in [3.8, 4) is 0 Å². The van der Waals surface area contributed by atoms with Gasteiger partial charge in [-0.2, -0.15) is 0 Å². The van der Waals surface area contributed by atoms with Gasteiger partial charge in [-0.15, -0.1) is 11.3 Å². The van der Waals surface area contributed by atoms with Crippen LogP contribution >= 0.6 is 11.3 Å². The Labute approximate surface area is 168 Å². The molecule has 28 heavy (non-hydrogen) atoms. The van der Waals surface area contributed by atoms with Crippen molar-refractivity contribution in [3.05, 3.63) is 58.0 Å². The molecule has 2 rings (SSSR count). The number of amides is 2. The number of Topliss-reactive ketones (excluding diaryl/α,β-unsaturated/α-hetero) is 1. The van der Waals surface area contributed by atoms with E-state index < -0.39 is 11.7 Å². The van der Waals surface area contributed by atoms with Crippen LogP contribution in [0, 0.1) is 5.82 Å². The third-order valence-corrected chi connectivity index (χ3v) is 5.34. The van der Waals surface area contributed by atoms with Crippen molar-refractivity contribution in [2.45, 2.75) is 45.1 Å². The predicted octanol–water partition coefficient (Wildman–Crippen LogP) is 3.66. The minimum atomic E-state index is -0.596. The van der Waals surface area contributed by atoms with Crippen molar-refractivity contribution < 1.29 is 18.8 Å². The molecular weight excluding hydrogens is 379 g/mol. The van der Waals surface area contributed by atoms with Crippen molar-refractivity contribution in [1.29, 1.82) is 0 Å². The van der Waals surface area contributed by atoms with Gasteiger partial charge in [-0.05, 0) is 43.3 Å². The van der Waals surface area contributed by atoms with E-state index in [1.807, 2.05) is 12.3 Å². The van der Waals surface area contributed by atoms with E-state index in [0.717, 1.165) is 0 Å². The van der Waals surface area contributed by atoms with Gasteiger partial charge in [0.05, 0.1) is 10.8 Å². The second kappa shape index (κ2) is 10.7. The lowest BCUT2D eigenvalue weighted by Gasteiger charge is -2.18. The first-order chi connectivity index (χ1) is 13.4. The molecule has 0 radical (unpaired) electrons. The summed E-state index contributed by atoms with van der Waals surface area (Å²) in [6, 6.07) is 9.60. The average molecular weight is 405 g/mol. The molecule has 0 saturated heterocycles. The quantitative estimate of drug-likeness (QED) is 0.594. The summed E-state index contributed by atoms with van der Waals surface area (Å²) in [6.45, 7) is 3.88. The molecule has 0 spiro atoms. The smallest absolute Gasteiger partial charge is 0.227 e. The number of rotatable bonds is 10. The van der Waals surface area contributed by atoms with Crippen LogP contribution in [0.1, 0.15) is 54.3 Å². The lowest BCUT2D eigenvalue weighted by Crippen LogP contribution is -2.38. The number of hydrogen-bond acceptors (Lipinski definition) is 4. The Morgan fingerprint density at radius 3 is 2.50 bits per heavy atom. The van der Waals surface area contributed by atoms with E-state index >= 15 is 0 Å². The molecule has 0 fully saturated rings. The monoisotopic (exact) mass is 404 g/mol. The molecule has 2 unspecified atom stereocenters. The summed E-state index contributed by atoms with van der Waals surface area (Å²) >= 11 is 1.37. The van der Waals surface area contributed by atoms with Crippen LogP contribution in [0.15, 0.2) is 41.8 Å². The second-order valence-electron chi connectivity index (χ2n) is 6.69. The average Bonchev–Trinajstić information content (AvgIpc) is 3.20. The molecule has 0 aliphatic heterocycles. The maximum atomic E-state index is 13.8. The first-order valence-electron chi connectivity index (χ1n) is 9.26. The Morgan fingerprint density at radius 1 is 1.07 bits per heavy atom. The van der Waals surface area contributed by atoms with Crippen LogP contribution in [-0.2, 0) is 9.59 Å². The van der Waals surface area contributed by atoms with Gasteiger partial charge in [0.15, 0.2) is 5.78 Å². The number of benzene rings is 1. The summed E-state index contributed by atoms with van der Waals surface area (Å²) in [5.74, 6) is -1.48. The number of carbonyl (C=O) groups excluding carboxylic acids is 3. The van der Waals surface area contributed by atoms with E-state index in [-0.39, 0.29) is 36.5 Å². The highest BCUT2D eigenvalue weighted by molar-refractivity contribution is 7.12. The number of nitrogens with one attached hydrogen (secondary N) is 2. The minimum Gasteiger partial charge on any atom is -0.356 e. The number of ketones is 1. The van der Waals surface area contributed by atoms with Gasteiger partial charge >= 0.3 is 0 Å². The molecule has 7 heteroatoms. The van der Waals surface area contributed by atoms with E-state index in [0.29, 0.717) is 23.4 Å². The third kappa shape index (κ3) is 6.56. The Morgan fingerprint density at radius 2 is 1.82 bits per heavy atom. The zero-order valence-corrected chi connectivity index (χ0v) is 16.9. The Hall–Kier alpha value is -2.54. The molecule has 2 N–H and O–H groups in total. The number of hydrogen-bond donors (Lipinski definition) is 2. The fraction of sp³-hybridized carbons (Fsp3) is 0.381. The Balaban J connectivity index is 1.67. The van der Waals surface area contributed by atoms with Crippen LogP contribution < -0.4 is 10.6 Å². The van der Waals surface area contributed by atoms with Crippen LogP contribution in [0.3, 0.4) is 0 Å². The molecule has 0 saturated carbocycles. The summed E-state index contributed by atoms with van der Waals surface area (Å²) in [7, 11) is 0. The van der Waals surface area contributed by atoms with Gasteiger partial charge in [0.1, 0.15) is 5.82 Å². The van der Waals surface area contributed by atoms with Gasteiger partial charge in [-0.3, -0.25) is 14.4 Å². The Kier molecular flexibility index (Phi) is 8.32. The second-order valence-corrected chi connectivity index (χ2v) is 7.64. The van der Waals surface area contributed by atoms with Gasteiger partial charge in [0.25, 0.3) is 0 Å². The summed E-state index contributed by atoms with van der Waals surface area (Å²) in [5, 5.41) is 7.43. The van der Waals surface area contributed by atoms with Crippen molar-refractivity contribution in [2.75, 3.05) is 6.54 Å². The fourth-order valence-corrected chi connectivity index (χ4v) is 3.41. The minimum absolute atomic E-state index is 0.0343. The van der Waals surface area contributed by atoms with E-state index in [9.17, 15) is 18.8 Å². The SMILES string of the molecule is CC(CCNC(=O)CCC(=O)c1cccs1)NC(=O)C(C)c1ccccc1F. The highest BCUT2D eigenvalue weighted by Gasteiger charge is 2.20. The lowest BCUT2D eigenvalue weighted by molar-refractivity contribution is -0.122. The van der Waals surface area contributed by atoms with Gasteiger partial charge in [0.2, 0.25) is 11.8 Å². The zero-order chi connectivity index (χ0) is 20.5. The molecule has 0 aliphatic carbocycles. The third-order valence-electron chi connectivity index (χ3n) is 4.43. The summed E-state index contributed by atoms with van der Waals surface area (Å²) in [6.07, 6.45) is 0.862. The molecule has 1 heterocycles. The van der Waals surface area contributed by atoms with Gasteiger partial charge in [0, 0.05) is 25.4 Å². The molecule has 0 aliphatic rings. The van der Waals surface area contributed by atoms with Gasteiger partial charge in [-0.25, -0.2) is 4.39 Å². The highest BCUT2D eigenvalue weighted by Crippen LogP contribution is 2.19. The highest BCUT2D eigenvalue weighted by atomic mass is 32.1. The first-order valence-corrected chi connectivity index (χ1v) is 10.1. The van der Waals surface area contributed by atoms with E-state index in [2.05, 4.69) is 10.6 Å². The predicted molar refractivity (Wildman–Crippen MR) is 108 cm³/mol. The molecule has 2 amide bonds. The largest absolute Gasteiger partial charge is 0.356 e.